The first-order valence-corrected chi connectivity index (χ1v) is 22.7. The summed E-state index contributed by atoms with van der Waals surface area (Å²) in [6.45, 7) is 10.3. The SMILES string of the molecule is CC(=O)NCC[C@@H]1COc2cc(S(=O)(=O)NC(=O)c3ccc(N4CCN(CC5=C(c6ccc(Cl)cc6)CC(C)(C)CC5)CC4)cc3Oc3cnc4[nH]ccc4c3)cc([N+](=O)[O-])c2N1. The van der Waals surface area contributed by atoms with Crippen molar-refractivity contribution in [2.24, 2.45) is 5.41 Å². The molecule has 16 nitrogen and oxygen atoms in total. The minimum absolute atomic E-state index is 0.00210. The van der Waals surface area contributed by atoms with Gasteiger partial charge in [0, 0.05) is 86.7 Å². The van der Waals surface area contributed by atoms with E-state index in [4.69, 9.17) is 21.1 Å². The van der Waals surface area contributed by atoms with E-state index < -0.39 is 31.4 Å². The van der Waals surface area contributed by atoms with E-state index in [0.717, 1.165) is 67.1 Å². The lowest BCUT2D eigenvalue weighted by Gasteiger charge is -2.39. The third kappa shape index (κ3) is 10.1. The maximum Gasteiger partial charge on any atom is 0.297 e. The van der Waals surface area contributed by atoms with Crippen LogP contribution in [-0.4, -0.2) is 91.9 Å². The van der Waals surface area contributed by atoms with E-state index in [9.17, 15) is 28.1 Å². The van der Waals surface area contributed by atoms with Gasteiger partial charge < -0.3 is 30.0 Å². The van der Waals surface area contributed by atoms with E-state index in [-0.39, 0.29) is 46.7 Å². The molecule has 1 atom stereocenters. The molecule has 18 heteroatoms. The number of aromatic amines is 1. The highest BCUT2D eigenvalue weighted by atomic mass is 35.5. The Balaban J connectivity index is 1.02. The average Bonchev–Trinajstić information content (AvgIpc) is 3.72. The van der Waals surface area contributed by atoms with Gasteiger partial charge in [0.15, 0.2) is 11.4 Å². The largest absolute Gasteiger partial charge is 0.489 e. The zero-order chi connectivity index (χ0) is 44.5. The standard InChI is InChI=1S/C45H49ClN8O8S/c1-28(55)47-15-12-33-27-61-41-23-36(22-39(54(57)58)42(41)50-33)63(59,60)51-44(56)37-9-8-34(21-40(37)62-35-20-30-11-14-48-43(30)49-25-35)53-18-16-52(17-19-53)26-31-10-13-45(2,3)24-38(31)29-4-6-32(46)7-5-29/h4-9,11,14,20-23,25,33,50H,10,12-13,15-19,24,26-27H2,1-3H3,(H,47,55)(H,48,49)(H,51,56)/t33-/m1/s1. The van der Waals surface area contributed by atoms with Gasteiger partial charge in [-0.25, -0.2) is 18.1 Å². The summed E-state index contributed by atoms with van der Waals surface area (Å²) >= 11 is 6.24. The van der Waals surface area contributed by atoms with Gasteiger partial charge in [-0.1, -0.05) is 43.2 Å². The number of hydrogen-bond donors (Lipinski definition) is 4. The van der Waals surface area contributed by atoms with Gasteiger partial charge in [-0.05, 0) is 78.6 Å². The summed E-state index contributed by atoms with van der Waals surface area (Å²) in [5.41, 5.74) is 5.09. The Morgan fingerprint density at radius 2 is 1.84 bits per heavy atom. The Morgan fingerprint density at radius 3 is 2.59 bits per heavy atom. The van der Waals surface area contributed by atoms with Crippen molar-refractivity contribution in [2.75, 3.05) is 56.1 Å². The molecule has 2 aromatic heterocycles. The molecule has 330 valence electrons. The quantitative estimate of drug-likeness (QED) is 0.0670. The predicted octanol–water partition coefficient (Wildman–Crippen LogP) is 7.52. The number of halogens is 1. The number of fused-ring (bicyclic) bond motifs is 2. The van der Waals surface area contributed by atoms with Crippen LogP contribution in [0.4, 0.5) is 17.1 Å². The Labute approximate surface area is 370 Å². The number of nitrogens with zero attached hydrogens (tertiary/aromatic N) is 4. The van der Waals surface area contributed by atoms with E-state index in [2.05, 4.69) is 61.1 Å². The van der Waals surface area contributed by atoms with Gasteiger partial charge in [0.25, 0.3) is 21.6 Å². The lowest BCUT2D eigenvalue weighted by atomic mass is 9.72. The topological polar surface area (TPSA) is 201 Å². The molecule has 0 unspecified atom stereocenters. The number of hydrogen-bond acceptors (Lipinski definition) is 12. The van der Waals surface area contributed by atoms with Crippen LogP contribution in [0.25, 0.3) is 16.6 Å². The maximum absolute atomic E-state index is 14.0. The molecule has 5 aromatic rings. The summed E-state index contributed by atoms with van der Waals surface area (Å²) in [5, 5.41) is 19.4. The third-order valence-electron chi connectivity index (χ3n) is 11.8. The first-order valence-electron chi connectivity index (χ1n) is 20.8. The van der Waals surface area contributed by atoms with Crippen molar-refractivity contribution < 1.29 is 32.4 Å². The van der Waals surface area contributed by atoms with Crippen LogP contribution in [0.2, 0.25) is 5.02 Å². The molecule has 63 heavy (non-hydrogen) atoms. The third-order valence-corrected chi connectivity index (χ3v) is 13.3. The van der Waals surface area contributed by atoms with Gasteiger partial charge in [-0.3, -0.25) is 24.6 Å². The van der Waals surface area contributed by atoms with Crippen LogP contribution in [0.15, 0.2) is 89.6 Å². The van der Waals surface area contributed by atoms with E-state index in [1.165, 1.54) is 35.9 Å². The highest BCUT2D eigenvalue weighted by Crippen LogP contribution is 2.44. The van der Waals surface area contributed by atoms with E-state index in [1.807, 2.05) is 18.2 Å². The van der Waals surface area contributed by atoms with Crippen molar-refractivity contribution in [3.63, 3.8) is 0 Å². The van der Waals surface area contributed by atoms with Crippen molar-refractivity contribution in [1.29, 1.82) is 0 Å². The molecule has 2 aliphatic heterocycles. The molecule has 1 aliphatic carbocycles. The van der Waals surface area contributed by atoms with E-state index in [1.54, 1.807) is 24.4 Å². The van der Waals surface area contributed by atoms with Crippen molar-refractivity contribution in [3.05, 3.63) is 111 Å². The number of nitrogens with one attached hydrogen (secondary N) is 4. The summed E-state index contributed by atoms with van der Waals surface area (Å²) in [5.74, 6) is -0.862. The smallest absolute Gasteiger partial charge is 0.297 e. The van der Waals surface area contributed by atoms with Crippen molar-refractivity contribution in [1.82, 2.24) is 24.9 Å². The number of benzene rings is 3. The van der Waals surface area contributed by atoms with Crippen LogP contribution in [0.3, 0.4) is 0 Å². The van der Waals surface area contributed by atoms with Crippen LogP contribution < -0.4 is 29.7 Å². The number of piperazine rings is 1. The summed E-state index contributed by atoms with van der Waals surface area (Å²) in [4.78, 5) is 48.4. The van der Waals surface area contributed by atoms with Crippen LogP contribution in [0.5, 0.6) is 17.2 Å². The molecule has 1 saturated heterocycles. The molecular weight excluding hydrogens is 848 g/mol. The van der Waals surface area contributed by atoms with Gasteiger partial charge in [0.05, 0.1) is 27.6 Å². The molecule has 2 amide bonds. The van der Waals surface area contributed by atoms with Gasteiger partial charge in [0.1, 0.15) is 23.8 Å². The molecule has 3 aliphatic rings. The molecule has 0 radical (unpaired) electrons. The fraction of sp³-hybridized carbons (Fsp3) is 0.356. The van der Waals surface area contributed by atoms with Crippen molar-refractivity contribution >= 4 is 67.1 Å². The number of H-pyrrole nitrogens is 1. The number of ether oxygens (including phenoxy) is 2. The number of carbonyl (C=O) groups is 2. The van der Waals surface area contributed by atoms with Gasteiger partial charge in [-0.2, -0.15) is 0 Å². The zero-order valence-corrected chi connectivity index (χ0v) is 36.8. The number of nitro groups is 1. The average molecular weight is 897 g/mol. The number of carbonyl (C=O) groups excluding carboxylic acids is 2. The Morgan fingerprint density at radius 1 is 1.06 bits per heavy atom. The number of nitro benzene ring substituents is 1. The number of rotatable bonds is 13. The first kappa shape index (κ1) is 43.5. The number of anilines is 2. The fourth-order valence-electron chi connectivity index (χ4n) is 8.36. The number of aromatic nitrogens is 2. The molecule has 4 heterocycles. The summed E-state index contributed by atoms with van der Waals surface area (Å²) < 4.78 is 41.8. The number of amides is 2. The second-order valence-corrected chi connectivity index (χ2v) is 19.1. The second-order valence-electron chi connectivity index (χ2n) is 17.0. The Kier molecular flexibility index (Phi) is 12.4. The van der Waals surface area contributed by atoms with Crippen LogP contribution in [0.1, 0.15) is 62.4 Å². The molecule has 0 saturated carbocycles. The number of sulfonamides is 1. The highest BCUT2D eigenvalue weighted by Gasteiger charge is 2.33. The lowest BCUT2D eigenvalue weighted by molar-refractivity contribution is -0.384. The van der Waals surface area contributed by atoms with E-state index >= 15 is 0 Å². The minimum Gasteiger partial charge on any atom is -0.489 e. The summed E-state index contributed by atoms with van der Waals surface area (Å²) in [6, 6.07) is 18.3. The lowest BCUT2D eigenvalue weighted by Crippen LogP contribution is -2.47. The predicted molar refractivity (Wildman–Crippen MR) is 241 cm³/mol. The molecular formula is C45H49ClN8O8S. The van der Waals surface area contributed by atoms with Crippen molar-refractivity contribution in [2.45, 2.75) is 57.4 Å². The molecule has 1 fully saturated rings. The maximum atomic E-state index is 14.0. The molecule has 0 bridgehead atoms. The second kappa shape index (κ2) is 17.9. The van der Waals surface area contributed by atoms with E-state index in [0.29, 0.717) is 37.5 Å². The van der Waals surface area contributed by atoms with Crippen LogP contribution >= 0.6 is 11.6 Å². The fourth-order valence-corrected chi connectivity index (χ4v) is 9.49. The molecule has 3 aromatic carbocycles. The normalized spacial score (nSPS) is 17.7. The summed E-state index contributed by atoms with van der Waals surface area (Å²) in [6.07, 6.45) is 6.82. The number of allylic oxidation sites excluding steroid dienone is 1. The Hall–Kier alpha value is -6.17. The van der Waals surface area contributed by atoms with Gasteiger partial charge in [-0.15, -0.1) is 0 Å². The van der Waals surface area contributed by atoms with Gasteiger partial charge >= 0.3 is 0 Å². The van der Waals surface area contributed by atoms with Gasteiger partial charge in [0.2, 0.25) is 5.91 Å². The zero-order valence-electron chi connectivity index (χ0n) is 35.2. The van der Waals surface area contributed by atoms with Crippen LogP contribution in [0, 0.1) is 15.5 Å². The minimum atomic E-state index is -4.68. The first-order chi connectivity index (χ1) is 30.1. The molecule has 0 spiro atoms. The highest BCUT2D eigenvalue weighted by molar-refractivity contribution is 7.90. The Bertz CT molecular complexity index is 2710. The monoisotopic (exact) mass is 896 g/mol. The summed E-state index contributed by atoms with van der Waals surface area (Å²) in [7, 11) is -4.68. The number of pyridine rings is 1. The molecule has 8 rings (SSSR count). The molecule has 4 N–H and O–H groups in total. The van der Waals surface area contributed by atoms with Crippen LogP contribution in [-0.2, 0) is 14.8 Å². The van der Waals surface area contributed by atoms with Crippen molar-refractivity contribution in [3.8, 4) is 17.2 Å².